The fourth-order valence-corrected chi connectivity index (χ4v) is 3.90. The van der Waals surface area contributed by atoms with Crippen molar-refractivity contribution in [1.82, 2.24) is 19.5 Å². The molecular weight excluding hydrogens is 416 g/mol. The van der Waals surface area contributed by atoms with Crippen LogP contribution in [0, 0.1) is 0 Å². The molecule has 1 N–H and O–H groups in total. The van der Waals surface area contributed by atoms with Crippen LogP contribution in [0.1, 0.15) is 35.3 Å². The van der Waals surface area contributed by atoms with E-state index in [1.54, 1.807) is 24.1 Å². The third-order valence-corrected chi connectivity index (χ3v) is 5.90. The predicted octanol–water partition coefficient (Wildman–Crippen LogP) is 3.71. The molecule has 0 bridgehead atoms. The van der Waals surface area contributed by atoms with Gasteiger partial charge in [-0.15, -0.1) is 0 Å². The highest BCUT2D eigenvalue weighted by Gasteiger charge is 2.22. The minimum Gasteiger partial charge on any atom is -0.495 e. The molecule has 1 saturated carbocycles. The van der Waals surface area contributed by atoms with Crippen LogP contribution in [-0.4, -0.2) is 41.0 Å². The SMILES string of the molecule is COc1cccc(OC2CCC2)c1SNC(=O)c1ccc(Cn2cccn2)c(OC)n1. The molecular formula is C22H24N4O4S. The maximum atomic E-state index is 12.8. The Hall–Kier alpha value is -3.20. The number of nitrogens with zero attached hydrogens (tertiary/aromatic N) is 3. The Kier molecular flexibility index (Phi) is 6.61. The number of nitrogens with one attached hydrogen (secondary N) is 1. The van der Waals surface area contributed by atoms with Crippen LogP contribution < -0.4 is 18.9 Å². The zero-order valence-electron chi connectivity index (χ0n) is 17.4. The monoisotopic (exact) mass is 440 g/mol. The van der Waals surface area contributed by atoms with Crippen molar-refractivity contribution in [2.24, 2.45) is 0 Å². The van der Waals surface area contributed by atoms with Crippen molar-refractivity contribution in [2.75, 3.05) is 14.2 Å². The molecule has 4 rings (SSSR count). The van der Waals surface area contributed by atoms with Crippen LogP contribution in [0.3, 0.4) is 0 Å². The van der Waals surface area contributed by atoms with Gasteiger partial charge in [0.2, 0.25) is 5.88 Å². The van der Waals surface area contributed by atoms with Crippen LogP contribution in [0.5, 0.6) is 17.4 Å². The molecule has 1 aliphatic carbocycles. The first-order chi connectivity index (χ1) is 15.2. The molecule has 3 aromatic rings. The van der Waals surface area contributed by atoms with Gasteiger partial charge in [0.15, 0.2) is 0 Å². The van der Waals surface area contributed by atoms with Crippen LogP contribution in [-0.2, 0) is 6.54 Å². The van der Waals surface area contributed by atoms with Gasteiger partial charge in [-0.25, -0.2) is 4.98 Å². The lowest BCUT2D eigenvalue weighted by atomic mass is 9.96. The van der Waals surface area contributed by atoms with E-state index in [9.17, 15) is 4.79 Å². The number of methoxy groups -OCH3 is 2. The van der Waals surface area contributed by atoms with Crippen molar-refractivity contribution in [3.63, 3.8) is 0 Å². The molecule has 2 heterocycles. The second kappa shape index (κ2) is 9.74. The summed E-state index contributed by atoms with van der Waals surface area (Å²) in [5, 5.41) is 4.19. The lowest BCUT2D eigenvalue weighted by molar-refractivity contribution is 0.0978. The molecule has 0 unspecified atom stereocenters. The van der Waals surface area contributed by atoms with Crippen molar-refractivity contribution in [1.29, 1.82) is 0 Å². The number of amides is 1. The second-order valence-corrected chi connectivity index (χ2v) is 7.88. The first kappa shape index (κ1) is 21.0. The van der Waals surface area contributed by atoms with Gasteiger partial charge in [0.1, 0.15) is 22.1 Å². The number of pyridine rings is 1. The summed E-state index contributed by atoms with van der Waals surface area (Å²) in [6, 6.07) is 10.9. The van der Waals surface area contributed by atoms with Gasteiger partial charge in [-0.2, -0.15) is 5.10 Å². The average Bonchev–Trinajstić information content (AvgIpc) is 3.28. The number of carbonyl (C=O) groups is 1. The van der Waals surface area contributed by atoms with Crippen molar-refractivity contribution in [3.05, 3.63) is 60.0 Å². The van der Waals surface area contributed by atoms with E-state index in [1.807, 2.05) is 36.5 Å². The van der Waals surface area contributed by atoms with E-state index >= 15 is 0 Å². The molecule has 0 radical (unpaired) electrons. The Morgan fingerprint density at radius 3 is 2.68 bits per heavy atom. The first-order valence-corrected chi connectivity index (χ1v) is 10.8. The zero-order valence-corrected chi connectivity index (χ0v) is 18.2. The molecule has 2 aromatic heterocycles. The van der Waals surface area contributed by atoms with E-state index in [4.69, 9.17) is 14.2 Å². The molecule has 0 spiro atoms. The molecule has 9 heteroatoms. The Morgan fingerprint density at radius 1 is 1.16 bits per heavy atom. The van der Waals surface area contributed by atoms with Gasteiger partial charge in [0, 0.05) is 18.0 Å². The highest BCUT2D eigenvalue weighted by atomic mass is 32.2. The molecule has 0 aliphatic heterocycles. The lowest BCUT2D eigenvalue weighted by Gasteiger charge is -2.27. The van der Waals surface area contributed by atoms with Crippen molar-refractivity contribution < 1.29 is 19.0 Å². The van der Waals surface area contributed by atoms with Crippen molar-refractivity contribution >= 4 is 17.9 Å². The number of carbonyl (C=O) groups excluding carboxylic acids is 1. The summed E-state index contributed by atoms with van der Waals surface area (Å²) in [6.45, 7) is 0.503. The largest absolute Gasteiger partial charge is 0.495 e. The van der Waals surface area contributed by atoms with E-state index in [1.165, 1.54) is 13.5 Å². The first-order valence-electron chi connectivity index (χ1n) is 10.00. The highest BCUT2D eigenvalue weighted by molar-refractivity contribution is 7.98. The molecule has 0 saturated heterocycles. The molecule has 0 atom stereocenters. The van der Waals surface area contributed by atoms with E-state index in [0.29, 0.717) is 23.9 Å². The molecule has 1 aromatic carbocycles. The van der Waals surface area contributed by atoms with E-state index in [0.717, 1.165) is 35.2 Å². The average molecular weight is 441 g/mol. The maximum Gasteiger partial charge on any atom is 0.280 e. The maximum absolute atomic E-state index is 12.8. The molecule has 8 nitrogen and oxygen atoms in total. The third-order valence-electron chi connectivity index (χ3n) is 5.01. The Bertz CT molecular complexity index is 1040. The minimum absolute atomic E-state index is 0.218. The van der Waals surface area contributed by atoms with Crippen LogP contribution in [0.2, 0.25) is 0 Å². The number of ether oxygens (including phenoxy) is 3. The van der Waals surface area contributed by atoms with Gasteiger partial charge in [-0.1, -0.05) is 6.07 Å². The summed E-state index contributed by atoms with van der Waals surface area (Å²) in [5.41, 5.74) is 1.08. The number of aromatic nitrogens is 3. The van der Waals surface area contributed by atoms with E-state index in [-0.39, 0.29) is 17.7 Å². The standard InChI is InChI=1S/C22H24N4O4S/c1-28-18-8-4-9-19(30-16-6-3-7-16)20(18)31-25-21(27)17-11-10-15(22(24-17)29-2)14-26-13-5-12-23-26/h4-5,8-13,16H,3,6-7,14H2,1-2H3,(H,25,27). The Labute approximate surface area is 185 Å². The third kappa shape index (κ3) is 4.93. The summed E-state index contributed by atoms with van der Waals surface area (Å²) in [7, 11) is 3.13. The van der Waals surface area contributed by atoms with Crippen LogP contribution in [0.4, 0.5) is 0 Å². The predicted molar refractivity (Wildman–Crippen MR) is 117 cm³/mol. The Balaban J connectivity index is 1.47. The Morgan fingerprint density at radius 2 is 2.00 bits per heavy atom. The zero-order chi connectivity index (χ0) is 21.6. The van der Waals surface area contributed by atoms with E-state index < -0.39 is 0 Å². The van der Waals surface area contributed by atoms with Gasteiger partial charge in [0.25, 0.3) is 5.91 Å². The minimum atomic E-state index is -0.338. The van der Waals surface area contributed by atoms with E-state index in [2.05, 4.69) is 14.8 Å². The molecule has 1 fully saturated rings. The number of hydrogen-bond donors (Lipinski definition) is 1. The fraction of sp³-hybridized carbons (Fsp3) is 0.318. The lowest BCUT2D eigenvalue weighted by Crippen LogP contribution is -2.25. The number of hydrogen-bond acceptors (Lipinski definition) is 7. The topological polar surface area (TPSA) is 87.5 Å². The normalized spacial score (nSPS) is 13.4. The molecule has 31 heavy (non-hydrogen) atoms. The van der Waals surface area contributed by atoms with Gasteiger partial charge in [-0.05, 0) is 61.5 Å². The summed E-state index contributed by atoms with van der Waals surface area (Å²) in [5.74, 6) is 1.39. The van der Waals surface area contributed by atoms with Crippen LogP contribution in [0.25, 0.3) is 0 Å². The van der Waals surface area contributed by atoms with Crippen LogP contribution >= 0.6 is 11.9 Å². The van der Waals surface area contributed by atoms with Crippen molar-refractivity contribution in [3.8, 4) is 17.4 Å². The van der Waals surface area contributed by atoms with Gasteiger partial charge >= 0.3 is 0 Å². The number of benzene rings is 1. The van der Waals surface area contributed by atoms with Gasteiger partial charge in [0.05, 0.1) is 26.9 Å². The fourth-order valence-electron chi connectivity index (χ4n) is 3.13. The summed E-state index contributed by atoms with van der Waals surface area (Å²) >= 11 is 1.15. The summed E-state index contributed by atoms with van der Waals surface area (Å²) in [4.78, 5) is 17.9. The second-order valence-electron chi connectivity index (χ2n) is 7.06. The van der Waals surface area contributed by atoms with Gasteiger partial charge in [-0.3, -0.25) is 14.2 Å². The smallest absolute Gasteiger partial charge is 0.280 e. The molecule has 1 aliphatic rings. The molecule has 162 valence electrons. The van der Waals surface area contributed by atoms with Crippen molar-refractivity contribution in [2.45, 2.75) is 36.8 Å². The molecule has 1 amide bonds. The van der Waals surface area contributed by atoms with Crippen LogP contribution in [0.15, 0.2) is 53.7 Å². The summed E-state index contributed by atoms with van der Waals surface area (Å²) in [6.07, 6.45) is 7.05. The quantitative estimate of drug-likeness (QED) is 0.508. The summed E-state index contributed by atoms with van der Waals surface area (Å²) < 4.78 is 21.5. The number of rotatable bonds is 9. The van der Waals surface area contributed by atoms with Gasteiger partial charge < -0.3 is 14.2 Å². The highest BCUT2D eigenvalue weighted by Crippen LogP contribution is 2.38.